The van der Waals surface area contributed by atoms with Crippen molar-refractivity contribution in [3.05, 3.63) is 28.8 Å². The molecule has 1 aliphatic carbocycles. The van der Waals surface area contributed by atoms with Crippen LogP contribution in [0.3, 0.4) is 0 Å². The molecule has 3 rings (SSSR count). The lowest BCUT2D eigenvalue weighted by atomic mass is 9.89. The van der Waals surface area contributed by atoms with Crippen LogP contribution in [0.25, 0.3) is 0 Å². The molecule has 1 saturated heterocycles. The van der Waals surface area contributed by atoms with Crippen molar-refractivity contribution in [3.63, 3.8) is 0 Å². The Morgan fingerprint density at radius 2 is 1.73 bits per heavy atom. The number of amides is 2. The van der Waals surface area contributed by atoms with Crippen molar-refractivity contribution >= 4 is 17.5 Å². The molecule has 1 N–H and O–H groups in total. The van der Waals surface area contributed by atoms with Crippen LogP contribution in [-0.4, -0.2) is 28.8 Å². The van der Waals surface area contributed by atoms with Gasteiger partial charge < -0.3 is 10.2 Å². The van der Waals surface area contributed by atoms with E-state index in [1.165, 1.54) is 5.56 Å². The van der Waals surface area contributed by atoms with E-state index in [9.17, 15) is 9.59 Å². The van der Waals surface area contributed by atoms with Gasteiger partial charge in [0.25, 0.3) is 0 Å². The fourth-order valence-electron chi connectivity index (χ4n) is 3.95. The summed E-state index contributed by atoms with van der Waals surface area (Å²) < 4.78 is 0. The van der Waals surface area contributed by atoms with Gasteiger partial charge in [-0.2, -0.15) is 0 Å². The van der Waals surface area contributed by atoms with Crippen molar-refractivity contribution in [2.24, 2.45) is 0 Å². The predicted molar refractivity (Wildman–Crippen MR) is 86.8 cm³/mol. The zero-order chi connectivity index (χ0) is 15.9. The van der Waals surface area contributed by atoms with Gasteiger partial charge in [-0.15, -0.1) is 0 Å². The lowest BCUT2D eigenvalue weighted by Gasteiger charge is -2.45. The van der Waals surface area contributed by atoms with E-state index in [0.717, 1.165) is 49.0 Å². The van der Waals surface area contributed by atoms with Crippen molar-refractivity contribution < 1.29 is 9.59 Å². The normalized spacial score (nSPS) is 20.0. The van der Waals surface area contributed by atoms with E-state index in [1.807, 2.05) is 13.8 Å². The Balaban J connectivity index is 1.88. The number of rotatable bonds is 3. The third-order valence-corrected chi connectivity index (χ3v) is 5.14. The monoisotopic (exact) mass is 300 g/mol. The number of hydrogen-bond donors (Lipinski definition) is 1. The molecule has 0 aromatic heterocycles. The average Bonchev–Trinajstić information content (AvgIpc) is 2.91. The Labute approximate surface area is 131 Å². The molecule has 118 valence electrons. The first-order valence-electron chi connectivity index (χ1n) is 8.14. The second-order valence-electron chi connectivity index (χ2n) is 6.76. The van der Waals surface area contributed by atoms with E-state index >= 15 is 0 Å². The number of aryl methyl sites for hydroxylation is 3. The number of likely N-dealkylation sites (tertiary alicyclic amines) is 1. The second-order valence-corrected chi connectivity index (χ2v) is 6.76. The molecule has 1 heterocycles. The van der Waals surface area contributed by atoms with Crippen LogP contribution in [0.1, 0.15) is 48.8 Å². The molecule has 0 bridgehead atoms. The van der Waals surface area contributed by atoms with Gasteiger partial charge in [-0.1, -0.05) is 30.5 Å². The van der Waals surface area contributed by atoms with Gasteiger partial charge in [-0.05, 0) is 44.7 Å². The molecule has 1 aromatic carbocycles. The first-order chi connectivity index (χ1) is 10.4. The maximum Gasteiger partial charge on any atom is 0.250 e. The maximum atomic E-state index is 13.0. The Kier molecular flexibility index (Phi) is 3.71. The molecule has 2 aliphatic rings. The smallest absolute Gasteiger partial charge is 0.250 e. The number of β-lactam (4-membered cyclic amide) rings is 1. The van der Waals surface area contributed by atoms with E-state index < -0.39 is 5.54 Å². The Morgan fingerprint density at radius 3 is 2.18 bits per heavy atom. The number of carbonyl (C=O) groups excluding carboxylic acids is 2. The summed E-state index contributed by atoms with van der Waals surface area (Å²) in [4.78, 5) is 26.7. The lowest BCUT2D eigenvalue weighted by Crippen LogP contribution is -2.62. The summed E-state index contributed by atoms with van der Waals surface area (Å²) in [6, 6.07) is 4.16. The van der Waals surface area contributed by atoms with Crippen LogP contribution < -0.4 is 5.32 Å². The highest BCUT2D eigenvalue weighted by atomic mass is 16.2. The van der Waals surface area contributed by atoms with Crippen LogP contribution in [0.2, 0.25) is 0 Å². The third kappa shape index (κ3) is 2.31. The van der Waals surface area contributed by atoms with Gasteiger partial charge in [-0.3, -0.25) is 9.59 Å². The predicted octanol–water partition coefficient (Wildman–Crippen LogP) is 3.10. The first-order valence-corrected chi connectivity index (χ1v) is 8.14. The van der Waals surface area contributed by atoms with Crippen molar-refractivity contribution in [1.82, 2.24) is 4.90 Å². The van der Waals surface area contributed by atoms with Gasteiger partial charge in [-0.25, -0.2) is 0 Å². The van der Waals surface area contributed by atoms with Gasteiger partial charge in [0.2, 0.25) is 11.8 Å². The minimum absolute atomic E-state index is 0.00639. The summed E-state index contributed by atoms with van der Waals surface area (Å²) in [5, 5.41) is 3.13. The minimum Gasteiger partial charge on any atom is -0.327 e. The fourth-order valence-corrected chi connectivity index (χ4v) is 3.95. The number of nitrogens with zero attached hydrogens (tertiary/aromatic N) is 1. The minimum atomic E-state index is -0.612. The van der Waals surface area contributed by atoms with Crippen molar-refractivity contribution in [3.8, 4) is 0 Å². The molecular weight excluding hydrogens is 276 g/mol. The number of carbonyl (C=O) groups is 2. The summed E-state index contributed by atoms with van der Waals surface area (Å²) in [5.74, 6) is 0.113. The van der Waals surface area contributed by atoms with Gasteiger partial charge in [0.15, 0.2) is 0 Å². The van der Waals surface area contributed by atoms with Gasteiger partial charge in [0, 0.05) is 18.7 Å². The first kappa shape index (κ1) is 15.1. The van der Waals surface area contributed by atoms with Crippen LogP contribution in [0.5, 0.6) is 0 Å². The molecule has 22 heavy (non-hydrogen) atoms. The van der Waals surface area contributed by atoms with Crippen LogP contribution in [0.4, 0.5) is 5.69 Å². The number of hydrogen-bond acceptors (Lipinski definition) is 2. The summed E-state index contributed by atoms with van der Waals surface area (Å²) in [5.41, 5.74) is 3.64. The van der Waals surface area contributed by atoms with Gasteiger partial charge in [0.05, 0.1) is 0 Å². The maximum absolute atomic E-state index is 13.0. The molecule has 0 spiro atoms. The summed E-state index contributed by atoms with van der Waals surface area (Å²) in [6.07, 6.45) is 4.19. The molecule has 2 fully saturated rings. The standard InChI is InChI=1S/C18H24N2O2/c1-12-10-13(2)16(14(3)11-12)19-17(22)18(7-4-5-8-18)20-9-6-15(20)21/h10-11H,4-9H2,1-3H3,(H,19,22). The summed E-state index contributed by atoms with van der Waals surface area (Å²) in [7, 11) is 0. The number of nitrogens with one attached hydrogen (secondary N) is 1. The molecule has 4 nitrogen and oxygen atoms in total. The molecule has 1 aromatic rings. The number of benzene rings is 1. The molecular formula is C18H24N2O2. The van der Waals surface area contributed by atoms with Crippen LogP contribution >= 0.6 is 0 Å². The molecule has 0 atom stereocenters. The van der Waals surface area contributed by atoms with Crippen LogP contribution in [0.15, 0.2) is 12.1 Å². The zero-order valence-electron chi connectivity index (χ0n) is 13.7. The zero-order valence-corrected chi connectivity index (χ0v) is 13.7. The van der Waals surface area contributed by atoms with Crippen molar-refractivity contribution in [2.45, 2.75) is 58.4 Å². The van der Waals surface area contributed by atoms with Crippen molar-refractivity contribution in [1.29, 1.82) is 0 Å². The molecule has 4 heteroatoms. The van der Waals surface area contributed by atoms with E-state index in [-0.39, 0.29) is 11.8 Å². The van der Waals surface area contributed by atoms with E-state index in [0.29, 0.717) is 6.42 Å². The van der Waals surface area contributed by atoms with Gasteiger partial charge in [0.1, 0.15) is 5.54 Å². The third-order valence-electron chi connectivity index (χ3n) is 5.14. The quantitative estimate of drug-likeness (QED) is 0.872. The van der Waals surface area contributed by atoms with Crippen LogP contribution in [-0.2, 0) is 9.59 Å². The summed E-state index contributed by atoms with van der Waals surface area (Å²) in [6.45, 7) is 6.82. The average molecular weight is 300 g/mol. The van der Waals surface area contributed by atoms with Crippen molar-refractivity contribution in [2.75, 3.05) is 11.9 Å². The molecule has 1 saturated carbocycles. The highest BCUT2D eigenvalue weighted by molar-refractivity contribution is 6.02. The highest BCUT2D eigenvalue weighted by Crippen LogP contribution is 2.40. The topological polar surface area (TPSA) is 49.4 Å². The molecule has 0 radical (unpaired) electrons. The van der Waals surface area contributed by atoms with E-state index in [1.54, 1.807) is 4.90 Å². The van der Waals surface area contributed by atoms with E-state index in [4.69, 9.17) is 0 Å². The SMILES string of the molecule is Cc1cc(C)c(NC(=O)C2(N3CCC3=O)CCCC2)c(C)c1. The Hall–Kier alpha value is -1.84. The molecule has 0 unspecified atom stereocenters. The Morgan fingerprint density at radius 1 is 1.14 bits per heavy atom. The Bertz CT molecular complexity index is 607. The highest BCUT2D eigenvalue weighted by Gasteiger charge is 2.51. The summed E-state index contributed by atoms with van der Waals surface area (Å²) >= 11 is 0. The van der Waals surface area contributed by atoms with Gasteiger partial charge >= 0.3 is 0 Å². The molecule has 2 amide bonds. The largest absolute Gasteiger partial charge is 0.327 e. The molecule has 1 aliphatic heterocycles. The lowest BCUT2D eigenvalue weighted by molar-refractivity contribution is -0.154. The fraction of sp³-hybridized carbons (Fsp3) is 0.556. The second kappa shape index (κ2) is 5.41. The van der Waals surface area contributed by atoms with Crippen LogP contribution in [0, 0.1) is 20.8 Å². The van der Waals surface area contributed by atoms with E-state index in [2.05, 4.69) is 24.4 Å². The number of anilines is 1.